The van der Waals surface area contributed by atoms with E-state index in [4.69, 9.17) is 0 Å². The number of thiophene rings is 1. The van der Waals surface area contributed by atoms with Gasteiger partial charge in [-0.05, 0) is 32.9 Å². The molecule has 1 atom stereocenters. The highest BCUT2D eigenvalue weighted by atomic mass is 32.1. The fourth-order valence-corrected chi connectivity index (χ4v) is 3.50. The van der Waals surface area contributed by atoms with Crippen LogP contribution < -0.4 is 0 Å². The van der Waals surface area contributed by atoms with Crippen molar-refractivity contribution in [1.82, 2.24) is 14.9 Å². The minimum atomic E-state index is 0.194. The molecular weight excluding hydrogens is 270 g/mol. The largest absolute Gasteiger partial charge is 0.341 e. The first-order chi connectivity index (χ1) is 9.54. The molecule has 1 amide bonds. The van der Waals surface area contributed by atoms with E-state index in [1.54, 1.807) is 11.3 Å². The van der Waals surface area contributed by atoms with Crippen LogP contribution in [0.3, 0.4) is 0 Å². The summed E-state index contributed by atoms with van der Waals surface area (Å²) >= 11 is 1.75. The zero-order valence-corrected chi connectivity index (χ0v) is 12.8. The van der Waals surface area contributed by atoms with E-state index < -0.39 is 0 Å². The van der Waals surface area contributed by atoms with Crippen LogP contribution in [0.25, 0.3) is 10.6 Å². The molecule has 2 aromatic rings. The average molecular weight is 289 g/mol. The maximum atomic E-state index is 12.0. The number of aryl methyl sites for hydroxylation is 1. The molecule has 2 aromatic heterocycles. The van der Waals surface area contributed by atoms with Gasteiger partial charge in [0.1, 0.15) is 5.82 Å². The van der Waals surface area contributed by atoms with Crippen LogP contribution in [-0.2, 0) is 4.79 Å². The molecule has 0 radical (unpaired) electrons. The lowest BCUT2D eigenvalue weighted by molar-refractivity contribution is -0.129. The number of likely N-dealkylation sites (tertiary alicyclic amines) is 1. The summed E-state index contributed by atoms with van der Waals surface area (Å²) in [5.74, 6) is 1.36. The third-order valence-electron chi connectivity index (χ3n) is 3.77. The van der Waals surface area contributed by atoms with Gasteiger partial charge < -0.3 is 9.88 Å². The molecule has 0 spiro atoms. The number of amides is 1. The van der Waals surface area contributed by atoms with Crippen molar-refractivity contribution in [2.45, 2.75) is 39.2 Å². The van der Waals surface area contributed by atoms with Crippen LogP contribution in [0.1, 0.15) is 36.9 Å². The topological polar surface area (TPSA) is 49.0 Å². The first kappa shape index (κ1) is 13.4. The van der Waals surface area contributed by atoms with Gasteiger partial charge in [0.2, 0.25) is 5.91 Å². The molecule has 1 saturated heterocycles. The van der Waals surface area contributed by atoms with Gasteiger partial charge in [-0.25, -0.2) is 4.98 Å². The summed E-state index contributed by atoms with van der Waals surface area (Å²) in [5, 5.41) is 0. The van der Waals surface area contributed by atoms with E-state index in [-0.39, 0.29) is 17.9 Å². The van der Waals surface area contributed by atoms with Crippen LogP contribution in [-0.4, -0.2) is 33.4 Å². The van der Waals surface area contributed by atoms with E-state index >= 15 is 0 Å². The Morgan fingerprint density at radius 1 is 1.45 bits per heavy atom. The second-order valence-corrected chi connectivity index (χ2v) is 6.92. The lowest BCUT2D eigenvalue weighted by Crippen LogP contribution is -2.31. The minimum Gasteiger partial charge on any atom is -0.341 e. The van der Waals surface area contributed by atoms with Crippen molar-refractivity contribution in [2.24, 2.45) is 0 Å². The maximum absolute atomic E-state index is 12.0. The van der Waals surface area contributed by atoms with Gasteiger partial charge in [-0.2, -0.15) is 0 Å². The van der Waals surface area contributed by atoms with E-state index in [9.17, 15) is 4.79 Å². The Labute approximate surface area is 122 Å². The number of aromatic amines is 1. The van der Waals surface area contributed by atoms with E-state index in [0.29, 0.717) is 6.42 Å². The van der Waals surface area contributed by atoms with Gasteiger partial charge in [0, 0.05) is 29.8 Å². The van der Waals surface area contributed by atoms with E-state index in [0.717, 1.165) is 18.1 Å². The number of nitrogens with one attached hydrogen (secondary N) is 1. The van der Waals surface area contributed by atoms with Crippen molar-refractivity contribution >= 4 is 17.2 Å². The fraction of sp³-hybridized carbons (Fsp3) is 0.467. The van der Waals surface area contributed by atoms with Gasteiger partial charge in [0.15, 0.2) is 0 Å². The molecule has 0 aliphatic carbocycles. The van der Waals surface area contributed by atoms with Crippen molar-refractivity contribution in [1.29, 1.82) is 0 Å². The molecule has 106 valence electrons. The standard InChI is InChI=1S/C15H19N3OS/c1-9(2)18-8-11(6-14(18)19)15-16-7-12(17-15)13-5-4-10(3)20-13/h4-5,7,9,11H,6,8H2,1-3H3,(H,16,17)/t11-/m1/s1. The molecule has 5 heteroatoms. The Kier molecular flexibility index (Phi) is 3.38. The van der Waals surface area contributed by atoms with E-state index in [1.165, 1.54) is 9.75 Å². The predicted molar refractivity (Wildman–Crippen MR) is 80.8 cm³/mol. The summed E-state index contributed by atoms with van der Waals surface area (Å²) in [6, 6.07) is 4.49. The zero-order valence-electron chi connectivity index (χ0n) is 12.0. The van der Waals surface area contributed by atoms with Crippen molar-refractivity contribution in [3.8, 4) is 10.6 Å². The lowest BCUT2D eigenvalue weighted by atomic mass is 10.1. The highest BCUT2D eigenvalue weighted by molar-refractivity contribution is 7.15. The monoisotopic (exact) mass is 289 g/mol. The summed E-state index contributed by atoms with van der Waals surface area (Å²) < 4.78 is 0. The molecule has 0 bridgehead atoms. The Morgan fingerprint density at radius 3 is 2.85 bits per heavy atom. The number of aromatic nitrogens is 2. The average Bonchev–Trinajstić information content (AvgIpc) is 3.06. The molecule has 0 aromatic carbocycles. The Balaban J connectivity index is 1.80. The third-order valence-corrected chi connectivity index (χ3v) is 4.80. The lowest BCUT2D eigenvalue weighted by Gasteiger charge is -2.20. The molecule has 0 saturated carbocycles. The number of H-pyrrole nitrogens is 1. The van der Waals surface area contributed by atoms with Gasteiger partial charge in [-0.15, -0.1) is 11.3 Å². The Bertz CT molecular complexity index is 629. The second-order valence-electron chi connectivity index (χ2n) is 5.63. The Morgan fingerprint density at radius 2 is 2.25 bits per heavy atom. The van der Waals surface area contributed by atoms with Crippen LogP contribution in [0.2, 0.25) is 0 Å². The molecule has 1 fully saturated rings. The van der Waals surface area contributed by atoms with E-state index in [2.05, 4.69) is 42.9 Å². The van der Waals surface area contributed by atoms with Gasteiger partial charge >= 0.3 is 0 Å². The molecule has 0 unspecified atom stereocenters. The predicted octanol–water partition coefficient (Wildman–Crippen LogP) is 3.17. The number of nitrogens with zero attached hydrogens (tertiary/aromatic N) is 2. The maximum Gasteiger partial charge on any atom is 0.223 e. The van der Waals surface area contributed by atoms with Gasteiger partial charge in [0.05, 0.1) is 16.8 Å². The van der Waals surface area contributed by atoms with Crippen LogP contribution in [0.4, 0.5) is 0 Å². The van der Waals surface area contributed by atoms with Crippen LogP contribution >= 0.6 is 11.3 Å². The summed E-state index contributed by atoms with van der Waals surface area (Å²) in [6.07, 6.45) is 2.44. The quantitative estimate of drug-likeness (QED) is 0.943. The highest BCUT2D eigenvalue weighted by Gasteiger charge is 2.33. The first-order valence-corrected chi connectivity index (χ1v) is 7.77. The Hall–Kier alpha value is -1.62. The molecule has 4 nitrogen and oxygen atoms in total. The molecule has 1 aliphatic heterocycles. The number of rotatable bonds is 3. The number of hydrogen-bond acceptors (Lipinski definition) is 3. The molecular formula is C15H19N3OS. The van der Waals surface area contributed by atoms with Gasteiger partial charge in [0.25, 0.3) is 0 Å². The smallest absolute Gasteiger partial charge is 0.223 e. The van der Waals surface area contributed by atoms with Crippen LogP contribution in [0, 0.1) is 6.92 Å². The second kappa shape index (κ2) is 5.05. The fourth-order valence-electron chi connectivity index (χ4n) is 2.66. The third kappa shape index (κ3) is 2.38. The summed E-state index contributed by atoms with van der Waals surface area (Å²) in [6.45, 7) is 6.99. The molecule has 3 rings (SSSR count). The number of carbonyl (C=O) groups excluding carboxylic acids is 1. The SMILES string of the molecule is Cc1ccc(-c2cnc([C@@H]3CC(=O)N(C(C)C)C3)[nH]2)s1. The molecule has 1 aliphatic rings. The van der Waals surface area contributed by atoms with Crippen LogP contribution in [0.15, 0.2) is 18.3 Å². The van der Waals surface area contributed by atoms with Crippen molar-refractivity contribution in [3.63, 3.8) is 0 Å². The van der Waals surface area contributed by atoms with Crippen molar-refractivity contribution < 1.29 is 4.79 Å². The number of imidazole rings is 1. The van der Waals surface area contributed by atoms with Crippen molar-refractivity contribution in [2.75, 3.05) is 6.54 Å². The molecule has 3 heterocycles. The van der Waals surface area contributed by atoms with Crippen LogP contribution in [0.5, 0.6) is 0 Å². The van der Waals surface area contributed by atoms with Gasteiger partial charge in [-0.1, -0.05) is 0 Å². The summed E-state index contributed by atoms with van der Waals surface area (Å²) in [5.41, 5.74) is 1.05. The van der Waals surface area contributed by atoms with Gasteiger partial charge in [-0.3, -0.25) is 4.79 Å². The summed E-state index contributed by atoms with van der Waals surface area (Å²) in [7, 11) is 0. The molecule has 1 N–H and O–H groups in total. The number of hydrogen-bond donors (Lipinski definition) is 1. The normalized spacial score (nSPS) is 19.3. The number of carbonyl (C=O) groups is 1. The zero-order chi connectivity index (χ0) is 14.3. The first-order valence-electron chi connectivity index (χ1n) is 6.95. The highest BCUT2D eigenvalue weighted by Crippen LogP contribution is 2.31. The van der Waals surface area contributed by atoms with E-state index in [1.807, 2.05) is 11.1 Å². The van der Waals surface area contributed by atoms with Crippen molar-refractivity contribution in [3.05, 3.63) is 29.0 Å². The molecule has 20 heavy (non-hydrogen) atoms. The summed E-state index contributed by atoms with van der Waals surface area (Å²) in [4.78, 5) is 24.3. The minimum absolute atomic E-state index is 0.194.